The van der Waals surface area contributed by atoms with Crippen LogP contribution in [-0.2, 0) is 9.59 Å². The number of carboxylic acids is 1. The standard InChI is InChI=1S/C15H26N2O3/c1-3-16(4-2)13-7-8-17(10-13)14(18)11-5-6-12(9-11)15(19)20/h11-13H,3-10H2,1-2H3,(H,19,20). The maximum Gasteiger partial charge on any atom is 0.306 e. The van der Waals surface area contributed by atoms with Gasteiger partial charge in [0.05, 0.1) is 5.92 Å². The number of amides is 1. The largest absolute Gasteiger partial charge is 0.481 e. The first-order valence-electron chi connectivity index (χ1n) is 7.82. The van der Waals surface area contributed by atoms with Gasteiger partial charge in [0, 0.05) is 25.0 Å². The Kier molecular flexibility index (Phi) is 5.02. The first kappa shape index (κ1) is 15.3. The molecule has 2 rings (SSSR count). The Labute approximate surface area is 120 Å². The van der Waals surface area contributed by atoms with Crippen LogP contribution in [0.2, 0.25) is 0 Å². The second-order valence-corrected chi connectivity index (χ2v) is 5.99. The summed E-state index contributed by atoms with van der Waals surface area (Å²) in [4.78, 5) is 27.8. The van der Waals surface area contributed by atoms with E-state index in [4.69, 9.17) is 5.11 Å². The Bertz CT molecular complexity index is 368. The molecule has 0 spiro atoms. The van der Waals surface area contributed by atoms with Gasteiger partial charge in [0.25, 0.3) is 0 Å². The number of carbonyl (C=O) groups is 2. The second-order valence-electron chi connectivity index (χ2n) is 5.99. The van der Waals surface area contributed by atoms with Crippen molar-refractivity contribution in [2.45, 2.75) is 45.6 Å². The molecule has 5 nitrogen and oxygen atoms in total. The molecule has 2 aliphatic rings. The van der Waals surface area contributed by atoms with Gasteiger partial charge in [-0.05, 0) is 38.8 Å². The van der Waals surface area contributed by atoms with Gasteiger partial charge >= 0.3 is 5.97 Å². The summed E-state index contributed by atoms with van der Waals surface area (Å²) in [6.07, 6.45) is 2.96. The predicted octanol–water partition coefficient (Wildman–Crippen LogP) is 1.43. The number of nitrogens with zero attached hydrogens (tertiary/aromatic N) is 2. The molecule has 2 fully saturated rings. The number of carbonyl (C=O) groups excluding carboxylic acids is 1. The van der Waals surface area contributed by atoms with E-state index in [0.717, 1.165) is 39.0 Å². The lowest BCUT2D eigenvalue weighted by atomic mass is 10.0. The van der Waals surface area contributed by atoms with E-state index in [1.807, 2.05) is 4.90 Å². The normalized spacial score (nSPS) is 30.1. The highest BCUT2D eigenvalue weighted by atomic mass is 16.4. The van der Waals surface area contributed by atoms with Gasteiger partial charge in [-0.2, -0.15) is 0 Å². The van der Waals surface area contributed by atoms with E-state index >= 15 is 0 Å². The molecule has 1 heterocycles. The van der Waals surface area contributed by atoms with Gasteiger partial charge in [0.2, 0.25) is 5.91 Å². The maximum atomic E-state index is 12.5. The quantitative estimate of drug-likeness (QED) is 0.828. The molecule has 5 heteroatoms. The molecule has 114 valence electrons. The molecular weight excluding hydrogens is 256 g/mol. The van der Waals surface area contributed by atoms with Crippen molar-refractivity contribution in [2.75, 3.05) is 26.2 Å². The smallest absolute Gasteiger partial charge is 0.306 e. The van der Waals surface area contributed by atoms with Gasteiger partial charge < -0.3 is 10.0 Å². The van der Waals surface area contributed by atoms with Crippen LogP contribution in [0.5, 0.6) is 0 Å². The third-order valence-corrected chi connectivity index (χ3v) is 4.93. The molecule has 1 aliphatic heterocycles. The van der Waals surface area contributed by atoms with Gasteiger partial charge in [-0.3, -0.25) is 14.5 Å². The van der Waals surface area contributed by atoms with Crippen molar-refractivity contribution < 1.29 is 14.7 Å². The molecule has 1 amide bonds. The molecular formula is C15H26N2O3. The molecule has 1 saturated carbocycles. The average Bonchev–Trinajstić information content (AvgIpc) is 3.09. The first-order valence-corrected chi connectivity index (χ1v) is 7.82. The number of rotatable bonds is 5. The van der Waals surface area contributed by atoms with Crippen LogP contribution in [0, 0.1) is 11.8 Å². The van der Waals surface area contributed by atoms with Crippen LogP contribution in [0.3, 0.4) is 0 Å². The maximum absolute atomic E-state index is 12.5. The van der Waals surface area contributed by atoms with E-state index < -0.39 is 5.97 Å². The average molecular weight is 282 g/mol. The van der Waals surface area contributed by atoms with E-state index in [9.17, 15) is 9.59 Å². The molecule has 1 N–H and O–H groups in total. The van der Waals surface area contributed by atoms with Crippen LogP contribution >= 0.6 is 0 Å². The number of aliphatic carboxylic acids is 1. The topological polar surface area (TPSA) is 60.9 Å². The summed E-state index contributed by atoms with van der Waals surface area (Å²) in [6.45, 7) is 8.00. The van der Waals surface area contributed by atoms with Crippen LogP contribution in [-0.4, -0.2) is 59.0 Å². The van der Waals surface area contributed by atoms with Gasteiger partial charge in [-0.1, -0.05) is 13.8 Å². The number of carboxylic acid groups (broad SMARTS) is 1. The second kappa shape index (κ2) is 6.57. The van der Waals surface area contributed by atoms with E-state index in [0.29, 0.717) is 18.9 Å². The van der Waals surface area contributed by atoms with Crippen LogP contribution in [0.1, 0.15) is 39.5 Å². The Morgan fingerprint density at radius 1 is 1.15 bits per heavy atom. The Morgan fingerprint density at radius 3 is 2.35 bits per heavy atom. The van der Waals surface area contributed by atoms with Crippen molar-refractivity contribution in [2.24, 2.45) is 11.8 Å². The van der Waals surface area contributed by atoms with E-state index in [-0.39, 0.29) is 17.7 Å². The van der Waals surface area contributed by atoms with Crippen molar-refractivity contribution in [3.8, 4) is 0 Å². The molecule has 0 aromatic heterocycles. The van der Waals surface area contributed by atoms with E-state index in [2.05, 4.69) is 18.7 Å². The molecule has 0 aromatic carbocycles. The van der Waals surface area contributed by atoms with Crippen LogP contribution < -0.4 is 0 Å². The summed E-state index contributed by atoms with van der Waals surface area (Å²) in [5, 5.41) is 9.03. The summed E-state index contributed by atoms with van der Waals surface area (Å²) >= 11 is 0. The van der Waals surface area contributed by atoms with Crippen LogP contribution in [0.4, 0.5) is 0 Å². The van der Waals surface area contributed by atoms with E-state index in [1.165, 1.54) is 0 Å². The highest BCUT2D eigenvalue weighted by Gasteiger charge is 2.38. The number of hydrogen-bond acceptors (Lipinski definition) is 3. The Morgan fingerprint density at radius 2 is 1.80 bits per heavy atom. The van der Waals surface area contributed by atoms with Crippen molar-refractivity contribution in [3.63, 3.8) is 0 Å². The summed E-state index contributed by atoms with van der Waals surface area (Å²) in [7, 11) is 0. The van der Waals surface area contributed by atoms with Gasteiger partial charge in [0.15, 0.2) is 0 Å². The number of hydrogen-bond donors (Lipinski definition) is 1. The fraction of sp³-hybridized carbons (Fsp3) is 0.867. The summed E-state index contributed by atoms with van der Waals surface area (Å²) in [5.74, 6) is -0.942. The Balaban J connectivity index is 1.87. The third kappa shape index (κ3) is 3.14. The molecule has 3 unspecified atom stereocenters. The Hall–Kier alpha value is -1.10. The van der Waals surface area contributed by atoms with E-state index in [1.54, 1.807) is 0 Å². The zero-order chi connectivity index (χ0) is 14.7. The molecule has 1 aliphatic carbocycles. The monoisotopic (exact) mass is 282 g/mol. The van der Waals surface area contributed by atoms with Gasteiger partial charge in [-0.15, -0.1) is 0 Å². The summed E-state index contributed by atoms with van der Waals surface area (Å²) < 4.78 is 0. The molecule has 0 bridgehead atoms. The van der Waals surface area contributed by atoms with Gasteiger partial charge in [-0.25, -0.2) is 0 Å². The molecule has 0 radical (unpaired) electrons. The summed E-state index contributed by atoms with van der Waals surface area (Å²) in [6, 6.07) is 0.477. The van der Waals surface area contributed by atoms with Crippen molar-refractivity contribution in [1.82, 2.24) is 9.80 Å². The fourth-order valence-corrected chi connectivity index (χ4v) is 3.67. The lowest BCUT2D eigenvalue weighted by Crippen LogP contribution is -2.40. The lowest BCUT2D eigenvalue weighted by molar-refractivity contribution is -0.141. The minimum absolute atomic E-state index is 0.0634. The number of likely N-dealkylation sites (N-methyl/N-ethyl adjacent to an activating group) is 1. The first-order chi connectivity index (χ1) is 9.56. The third-order valence-electron chi connectivity index (χ3n) is 4.93. The minimum Gasteiger partial charge on any atom is -0.481 e. The van der Waals surface area contributed by atoms with Crippen molar-refractivity contribution in [3.05, 3.63) is 0 Å². The SMILES string of the molecule is CCN(CC)C1CCN(C(=O)C2CCC(C(=O)O)C2)C1. The highest BCUT2D eigenvalue weighted by molar-refractivity contribution is 5.81. The molecule has 1 saturated heterocycles. The fourth-order valence-electron chi connectivity index (χ4n) is 3.67. The zero-order valence-electron chi connectivity index (χ0n) is 12.5. The highest BCUT2D eigenvalue weighted by Crippen LogP contribution is 2.33. The number of likely N-dealkylation sites (tertiary alicyclic amines) is 1. The van der Waals surface area contributed by atoms with Crippen molar-refractivity contribution >= 4 is 11.9 Å². The van der Waals surface area contributed by atoms with Crippen LogP contribution in [0.15, 0.2) is 0 Å². The molecule has 20 heavy (non-hydrogen) atoms. The predicted molar refractivity (Wildman–Crippen MR) is 76.4 cm³/mol. The summed E-state index contributed by atoms with van der Waals surface area (Å²) in [5.41, 5.74) is 0. The minimum atomic E-state index is -0.747. The van der Waals surface area contributed by atoms with Crippen LogP contribution in [0.25, 0.3) is 0 Å². The molecule has 0 aromatic rings. The molecule has 3 atom stereocenters. The van der Waals surface area contributed by atoms with Gasteiger partial charge in [0.1, 0.15) is 0 Å². The van der Waals surface area contributed by atoms with Crippen molar-refractivity contribution in [1.29, 1.82) is 0 Å². The lowest BCUT2D eigenvalue weighted by Gasteiger charge is -2.26. The zero-order valence-corrected chi connectivity index (χ0v) is 12.5.